The normalized spacial score (nSPS) is 14.8. The Morgan fingerprint density at radius 2 is 1.93 bits per heavy atom. The van der Waals surface area contributed by atoms with Crippen molar-refractivity contribution < 1.29 is 27.7 Å². The van der Waals surface area contributed by atoms with Crippen molar-refractivity contribution in [2.45, 2.75) is 13.3 Å². The number of likely N-dealkylation sites (N-methyl/N-ethyl adjacent to an activating group) is 1. The fourth-order valence-electron chi connectivity index (χ4n) is 2.89. The molecule has 1 aromatic heterocycles. The number of nitrogens with zero attached hydrogens (tertiary/aromatic N) is 4. The van der Waals surface area contributed by atoms with E-state index < -0.39 is 28.2 Å². The van der Waals surface area contributed by atoms with E-state index >= 15 is 0 Å². The van der Waals surface area contributed by atoms with Gasteiger partial charge in [0.15, 0.2) is 0 Å². The molecule has 1 saturated heterocycles. The van der Waals surface area contributed by atoms with E-state index in [1.807, 2.05) is 5.01 Å². The van der Waals surface area contributed by atoms with E-state index in [0.717, 1.165) is 44.9 Å². The Labute approximate surface area is 170 Å². The fourth-order valence-corrected chi connectivity index (χ4v) is 3.70. The van der Waals surface area contributed by atoms with Crippen molar-refractivity contribution in [2.24, 2.45) is 0 Å². The van der Waals surface area contributed by atoms with Gasteiger partial charge < -0.3 is 0 Å². The molecule has 2 heterocycles. The molecule has 0 saturated carbocycles. The maximum Gasteiger partial charge on any atom is 0.305 e. The van der Waals surface area contributed by atoms with E-state index in [2.05, 4.69) is 22.4 Å². The third kappa shape index (κ3) is 5.51. The van der Waals surface area contributed by atoms with Crippen molar-refractivity contribution in [3.05, 3.63) is 41.6 Å². The van der Waals surface area contributed by atoms with Gasteiger partial charge in [0.25, 0.3) is 6.20 Å². The number of benzene rings is 1. The topological polar surface area (TPSA) is 82.6 Å². The van der Waals surface area contributed by atoms with Crippen LogP contribution in [0.1, 0.15) is 23.7 Å². The second-order valence-electron chi connectivity index (χ2n) is 6.41. The maximum atomic E-state index is 13.6. The van der Waals surface area contributed by atoms with E-state index in [-0.39, 0.29) is 18.1 Å². The number of amides is 1. The molecule has 2 aromatic rings. The first-order chi connectivity index (χ1) is 14.0. The van der Waals surface area contributed by atoms with Crippen molar-refractivity contribution in [1.82, 2.24) is 10.2 Å². The van der Waals surface area contributed by atoms with Crippen molar-refractivity contribution in [2.75, 3.05) is 48.8 Å². The highest BCUT2D eigenvalue weighted by atomic mass is 32.2. The van der Waals surface area contributed by atoms with Crippen LogP contribution in [0.4, 0.5) is 14.7 Å². The smallest absolute Gasteiger partial charge is 0.300 e. The predicted octanol–water partition coefficient (Wildman–Crippen LogP) is 1.42. The number of carbonyl (C=O) groups is 2. The number of carbonyl (C=O) groups excluding carboxylic acids is 2. The van der Waals surface area contributed by atoms with E-state index in [0.29, 0.717) is 11.8 Å². The first-order valence-electron chi connectivity index (χ1n) is 9.25. The summed E-state index contributed by atoms with van der Waals surface area (Å²) >= 11 is 0.683. The van der Waals surface area contributed by atoms with Gasteiger partial charge in [-0.1, -0.05) is 24.8 Å². The van der Waals surface area contributed by atoms with Gasteiger partial charge in [0, 0.05) is 25.3 Å². The minimum atomic E-state index is -0.919. The highest BCUT2D eigenvalue weighted by molar-refractivity contribution is 8.14. The molecule has 8 nitrogen and oxygen atoms in total. The van der Waals surface area contributed by atoms with Crippen LogP contribution < -0.4 is 15.1 Å². The number of anilines is 1. The lowest BCUT2D eigenvalue weighted by molar-refractivity contribution is -0.759. The first kappa shape index (κ1) is 21.2. The Bertz CT molecular complexity index is 851. The number of nitrogens with one attached hydrogen (secondary N) is 1. The van der Waals surface area contributed by atoms with Crippen molar-refractivity contribution in [3.8, 4) is 0 Å². The summed E-state index contributed by atoms with van der Waals surface area (Å²) in [6.07, 6.45) is 1.55. The van der Waals surface area contributed by atoms with E-state index in [9.17, 15) is 18.4 Å². The molecule has 11 heteroatoms. The highest BCUT2D eigenvalue weighted by Crippen LogP contribution is 2.19. The molecule has 1 aromatic carbocycles. The number of hydrogen-bond donors (Lipinski definition) is 1. The molecule has 0 atom stereocenters. The number of halogens is 2. The van der Waals surface area contributed by atoms with Crippen LogP contribution in [0.15, 0.2) is 28.9 Å². The summed E-state index contributed by atoms with van der Waals surface area (Å²) in [6, 6.07) is 3.22. The Morgan fingerprint density at radius 3 is 2.59 bits per heavy atom. The van der Waals surface area contributed by atoms with Gasteiger partial charge in [-0.25, -0.2) is 8.78 Å². The molecule has 1 N–H and O–H groups in total. The molecule has 1 aliphatic heterocycles. The minimum absolute atomic E-state index is 0.0254. The van der Waals surface area contributed by atoms with E-state index in [1.54, 1.807) is 11.0 Å². The molecule has 29 heavy (non-hydrogen) atoms. The third-order valence-corrected chi connectivity index (χ3v) is 5.41. The van der Waals surface area contributed by atoms with Crippen molar-refractivity contribution >= 4 is 28.7 Å². The monoisotopic (exact) mass is 426 g/mol. The zero-order chi connectivity index (χ0) is 20.8. The standard InChI is InChI=1S/C18H21F2N5O3S/c1-2-23-7-9-24(10-8-23)25-12-16(28-22-25)21-15(26)6-11-29-18(27)17-13(19)4-3-5-14(17)20/h3-5,12H,2,6-11H2,1H3/p+1. The van der Waals surface area contributed by atoms with Gasteiger partial charge in [0.1, 0.15) is 17.2 Å². The molecule has 1 fully saturated rings. The lowest BCUT2D eigenvalue weighted by Crippen LogP contribution is -2.65. The molecule has 0 unspecified atom stereocenters. The van der Waals surface area contributed by atoms with Crippen LogP contribution in [-0.2, 0) is 4.79 Å². The Kier molecular flexibility index (Phi) is 7.15. The van der Waals surface area contributed by atoms with Gasteiger partial charge in [0.2, 0.25) is 16.3 Å². The molecule has 0 spiro atoms. The van der Waals surface area contributed by atoms with Gasteiger partial charge in [0.05, 0.1) is 17.9 Å². The lowest BCUT2D eigenvalue weighted by Gasteiger charge is -2.28. The number of rotatable bonds is 7. The van der Waals surface area contributed by atoms with Crippen LogP contribution in [-0.4, -0.2) is 59.7 Å². The quantitative estimate of drug-likeness (QED) is 0.671. The Hall–Kier alpha value is -2.53. The van der Waals surface area contributed by atoms with Crippen LogP contribution in [0.25, 0.3) is 0 Å². The number of aromatic nitrogens is 2. The van der Waals surface area contributed by atoms with Crippen molar-refractivity contribution in [1.29, 1.82) is 0 Å². The molecular formula is C18H22F2N5O3S+. The van der Waals surface area contributed by atoms with Gasteiger partial charge in [-0.3, -0.25) is 24.3 Å². The number of thioether (sulfide) groups is 1. The Morgan fingerprint density at radius 1 is 1.24 bits per heavy atom. The molecule has 1 aliphatic rings. The summed E-state index contributed by atoms with van der Waals surface area (Å²) in [4.78, 5) is 27.9. The summed E-state index contributed by atoms with van der Waals surface area (Å²) < 4.78 is 32.3. The maximum absolute atomic E-state index is 13.6. The van der Waals surface area contributed by atoms with Gasteiger partial charge >= 0.3 is 5.88 Å². The molecule has 1 amide bonds. The second-order valence-corrected chi connectivity index (χ2v) is 7.47. The summed E-state index contributed by atoms with van der Waals surface area (Å²) in [6.45, 7) is 6.55. The van der Waals surface area contributed by atoms with Gasteiger partial charge in [-0.15, -0.1) is 0 Å². The van der Waals surface area contributed by atoms with Crippen LogP contribution in [0.2, 0.25) is 0 Å². The second kappa shape index (κ2) is 9.79. The summed E-state index contributed by atoms with van der Waals surface area (Å²) in [5.41, 5.74) is -0.600. The highest BCUT2D eigenvalue weighted by Gasteiger charge is 2.26. The molecular weight excluding hydrogens is 404 g/mol. The summed E-state index contributed by atoms with van der Waals surface area (Å²) in [5.74, 6) is -1.97. The molecule has 156 valence electrons. The SMILES string of the molecule is CCN1CCN([n+]2cc(NC(=O)CCSC(=O)c3c(F)cccc3F)on2)CC1. The minimum Gasteiger partial charge on any atom is -0.300 e. The fraction of sp³-hybridized carbons (Fsp3) is 0.444. The predicted molar refractivity (Wildman–Crippen MR) is 103 cm³/mol. The average Bonchev–Trinajstić information content (AvgIpc) is 3.16. The van der Waals surface area contributed by atoms with Crippen LogP contribution in [0.5, 0.6) is 0 Å². The Balaban J connectivity index is 1.44. The van der Waals surface area contributed by atoms with E-state index in [1.165, 1.54) is 6.07 Å². The number of hydrogen-bond acceptors (Lipinski definition) is 7. The average molecular weight is 426 g/mol. The number of piperazine rings is 1. The van der Waals surface area contributed by atoms with Crippen molar-refractivity contribution in [3.63, 3.8) is 0 Å². The van der Waals surface area contributed by atoms with Crippen LogP contribution >= 0.6 is 11.8 Å². The molecule has 3 rings (SSSR count). The third-order valence-electron chi connectivity index (χ3n) is 4.53. The van der Waals surface area contributed by atoms with Crippen LogP contribution in [0, 0.1) is 11.6 Å². The van der Waals surface area contributed by atoms with Crippen LogP contribution in [0.3, 0.4) is 0 Å². The van der Waals surface area contributed by atoms with Gasteiger partial charge in [-0.05, 0) is 18.7 Å². The van der Waals surface area contributed by atoms with E-state index in [4.69, 9.17) is 4.52 Å². The summed E-state index contributed by atoms with van der Waals surface area (Å²) in [7, 11) is 0. The zero-order valence-corrected chi connectivity index (χ0v) is 16.8. The molecule has 0 radical (unpaired) electrons. The largest absolute Gasteiger partial charge is 0.305 e. The zero-order valence-electron chi connectivity index (χ0n) is 15.9. The lowest BCUT2D eigenvalue weighted by atomic mass is 10.2. The van der Waals surface area contributed by atoms with Gasteiger partial charge in [-0.2, -0.15) is 5.01 Å². The first-order valence-corrected chi connectivity index (χ1v) is 10.2. The molecule has 0 aliphatic carbocycles. The molecule has 0 bridgehead atoms. The summed E-state index contributed by atoms with van der Waals surface area (Å²) in [5, 5.41) is 7.71.